The second-order valence-electron chi connectivity index (χ2n) is 7.36. The van der Waals surface area contributed by atoms with Gasteiger partial charge in [0.1, 0.15) is 6.04 Å². The molecule has 0 saturated carbocycles. The van der Waals surface area contributed by atoms with E-state index in [2.05, 4.69) is 5.32 Å². The highest BCUT2D eigenvalue weighted by atomic mass is 35.5. The van der Waals surface area contributed by atoms with Crippen molar-refractivity contribution in [3.63, 3.8) is 0 Å². The van der Waals surface area contributed by atoms with Crippen LogP contribution in [0.25, 0.3) is 11.1 Å². The number of fused-ring (bicyclic) bond motifs is 1. The Bertz CT molecular complexity index is 1240. The summed E-state index contributed by atoms with van der Waals surface area (Å²) in [4.78, 5) is 24.4. The van der Waals surface area contributed by atoms with E-state index in [0.29, 0.717) is 22.4 Å². The van der Waals surface area contributed by atoms with Crippen LogP contribution in [0.3, 0.4) is 0 Å². The summed E-state index contributed by atoms with van der Waals surface area (Å²) in [6.07, 6.45) is -0.0125. The molecule has 0 saturated heterocycles. The van der Waals surface area contributed by atoms with E-state index < -0.39 is 23.7 Å². The second kappa shape index (κ2) is 9.79. The first kappa shape index (κ1) is 23.7. The fourth-order valence-corrected chi connectivity index (χ4v) is 4.21. The van der Waals surface area contributed by atoms with Crippen molar-refractivity contribution in [3.05, 3.63) is 75.5 Å². The molecule has 0 spiro atoms. The van der Waals surface area contributed by atoms with Gasteiger partial charge in [-0.05, 0) is 23.3 Å². The molecule has 3 aromatic rings. The first-order chi connectivity index (χ1) is 16.3. The molecule has 0 bridgehead atoms. The SMILES string of the molecule is COc1c(F)cc2c(c1-c1ccc(C[C@H](NC(=O)c3c(Cl)cccc3Cl)C(=O)O)cc1)OCO2. The number of methoxy groups -OCH3 is 1. The third-order valence-electron chi connectivity index (χ3n) is 5.25. The Morgan fingerprint density at radius 2 is 1.82 bits per heavy atom. The van der Waals surface area contributed by atoms with E-state index in [0.717, 1.165) is 0 Å². The Balaban J connectivity index is 1.58. The fraction of sp³-hybridized carbons (Fsp3) is 0.167. The number of aliphatic carboxylic acids is 1. The molecule has 2 N–H and O–H groups in total. The van der Waals surface area contributed by atoms with Gasteiger partial charge in [0.15, 0.2) is 23.1 Å². The van der Waals surface area contributed by atoms with Crippen LogP contribution in [-0.4, -0.2) is 36.9 Å². The quantitative estimate of drug-likeness (QED) is 0.471. The largest absolute Gasteiger partial charge is 0.493 e. The lowest BCUT2D eigenvalue weighted by Crippen LogP contribution is -2.42. The van der Waals surface area contributed by atoms with E-state index in [-0.39, 0.29) is 40.3 Å². The molecule has 1 amide bonds. The van der Waals surface area contributed by atoms with Gasteiger partial charge in [0.2, 0.25) is 6.79 Å². The van der Waals surface area contributed by atoms with Gasteiger partial charge in [0.05, 0.1) is 28.3 Å². The Kier molecular flexibility index (Phi) is 6.81. The van der Waals surface area contributed by atoms with Gasteiger partial charge in [-0.2, -0.15) is 0 Å². The molecule has 1 heterocycles. The standard InChI is InChI=1S/C24H18Cl2FNO6/c1-32-21-16(27)10-18-22(34-11-33-18)19(21)13-7-5-12(6-8-13)9-17(24(30)31)28-23(29)20-14(25)3-2-4-15(20)26/h2-8,10,17H,9,11H2,1H3,(H,28,29)(H,30,31)/t17-/m0/s1. The maximum Gasteiger partial charge on any atom is 0.326 e. The minimum absolute atomic E-state index is 0.00158. The summed E-state index contributed by atoms with van der Waals surface area (Å²) in [5, 5.41) is 12.3. The first-order valence-electron chi connectivity index (χ1n) is 10.0. The summed E-state index contributed by atoms with van der Waals surface area (Å²) in [6, 6.07) is 11.2. The molecule has 0 aromatic heterocycles. The van der Waals surface area contributed by atoms with E-state index >= 15 is 0 Å². The smallest absolute Gasteiger partial charge is 0.326 e. The topological polar surface area (TPSA) is 94.1 Å². The molecule has 7 nitrogen and oxygen atoms in total. The number of halogens is 3. The van der Waals surface area contributed by atoms with Crippen molar-refractivity contribution in [3.8, 4) is 28.4 Å². The molecular weight excluding hydrogens is 488 g/mol. The van der Waals surface area contributed by atoms with Crippen LogP contribution in [-0.2, 0) is 11.2 Å². The minimum atomic E-state index is -1.24. The van der Waals surface area contributed by atoms with Crippen LogP contribution in [0.1, 0.15) is 15.9 Å². The predicted octanol–water partition coefficient (Wildman–Crippen LogP) is 4.96. The van der Waals surface area contributed by atoms with Crippen LogP contribution in [0.15, 0.2) is 48.5 Å². The molecule has 0 unspecified atom stereocenters. The zero-order valence-corrected chi connectivity index (χ0v) is 19.2. The predicted molar refractivity (Wildman–Crippen MR) is 124 cm³/mol. The average molecular weight is 506 g/mol. The molecule has 0 aliphatic carbocycles. The zero-order valence-electron chi connectivity index (χ0n) is 17.7. The number of nitrogens with one attached hydrogen (secondary N) is 1. The molecule has 176 valence electrons. The number of hydrogen-bond donors (Lipinski definition) is 2. The molecule has 4 rings (SSSR count). The van der Waals surface area contributed by atoms with Crippen molar-refractivity contribution >= 4 is 35.1 Å². The zero-order chi connectivity index (χ0) is 24.4. The summed E-state index contributed by atoms with van der Waals surface area (Å²) in [5.74, 6) is -1.89. The average Bonchev–Trinajstić information content (AvgIpc) is 3.26. The van der Waals surface area contributed by atoms with Crippen molar-refractivity contribution in [1.82, 2.24) is 5.32 Å². The van der Waals surface area contributed by atoms with E-state index in [1.54, 1.807) is 30.3 Å². The van der Waals surface area contributed by atoms with Crippen LogP contribution in [0.2, 0.25) is 10.0 Å². The third-order valence-corrected chi connectivity index (χ3v) is 5.88. The fourth-order valence-electron chi connectivity index (χ4n) is 3.64. The van der Waals surface area contributed by atoms with Crippen LogP contribution < -0.4 is 19.5 Å². The minimum Gasteiger partial charge on any atom is -0.493 e. The van der Waals surface area contributed by atoms with Gasteiger partial charge in [-0.15, -0.1) is 0 Å². The molecule has 34 heavy (non-hydrogen) atoms. The number of hydrogen-bond acceptors (Lipinski definition) is 5. The monoisotopic (exact) mass is 505 g/mol. The van der Waals surface area contributed by atoms with Gasteiger partial charge >= 0.3 is 5.97 Å². The lowest BCUT2D eigenvalue weighted by molar-refractivity contribution is -0.139. The number of ether oxygens (including phenoxy) is 3. The molecule has 1 aliphatic rings. The first-order valence-corrected chi connectivity index (χ1v) is 10.8. The Morgan fingerprint density at radius 1 is 1.15 bits per heavy atom. The summed E-state index contributed by atoms with van der Waals surface area (Å²) >= 11 is 12.1. The van der Waals surface area contributed by atoms with Gasteiger partial charge in [0.25, 0.3) is 5.91 Å². The number of amides is 1. The normalized spacial score (nSPS) is 12.8. The molecule has 1 aliphatic heterocycles. The van der Waals surface area contributed by atoms with Crippen LogP contribution >= 0.6 is 23.2 Å². The molecule has 1 atom stereocenters. The van der Waals surface area contributed by atoms with Gasteiger partial charge in [-0.3, -0.25) is 4.79 Å². The van der Waals surface area contributed by atoms with Gasteiger partial charge in [-0.25, -0.2) is 9.18 Å². The maximum absolute atomic E-state index is 14.5. The van der Waals surface area contributed by atoms with Crippen molar-refractivity contribution in [2.24, 2.45) is 0 Å². The number of carbonyl (C=O) groups excluding carboxylic acids is 1. The van der Waals surface area contributed by atoms with E-state index in [1.165, 1.54) is 25.3 Å². The molecule has 10 heteroatoms. The Labute approximate surface area is 204 Å². The highest BCUT2D eigenvalue weighted by molar-refractivity contribution is 6.39. The number of carboxylic acids is 1. The molecule has 0 radical (unpaired) electrons. The Hall–Kier alpha value is -3.49. The van der Waals surface area contributed by atoms with Gasteiger partial charge in [-0.1, -0.05) is 53.5 Å². The highest BCUT2D eigenvalue weighted by Crippen LogP contribution is 2.48. The number of carbonyl (C=O) groups is 2. The summed E-state index contributed by atoms with van der Waals surface area (Å²) in [7, 11) is 1.35. The maximum atomic E-state index is 14.5. The number of benzene rings is 3. The summed E-state index contributed by atoms with van der Waals surface area (Å²) < 4.78 is 30.5. The number of rotatable bonds is 7. The lowest BCUT2D eigenvalue weighted by atomic mass is 9.98. The highest BCUT2D eigenvalue weighted by Gasteiger charge is 2.27. The van der Waals surface area contributed by atoms with Crippen LogP contribution in [0.4, 0.5) is 4.39 Å². The molecule has 3 aromatic carbocycles. The van der Waals surface area contributed by atoms with Crippen molar-refractivity contribution < 1.29 is 33.3 Å². The van der Waals surface area contributed by atoms with Gasteiger partial charge in [0, 0.05) is 12.5 Å². The number of carboxylic acid groups (broad SMARTS) is 1. The van der Waals surface area contributed by atoms with E-state index in [9.17, 15) is 19.1 Å². The third kappa shape index (κ3) is 4.60. The van der Waals surface area contributed by atoms with Gasteiger partial charge < -0.3 is 24.6 Å². The molecular formula is C24H18Cl2FNO6. The summed E-state index contributed by atoms with van der Waals surface area (Å²) in [6.45, 7) is -0.0392. The van der Waals surface area contributed by atoms with Crippen LogP contribution in [0, 0.1) is 5.82 Å². The second-order valence-corrected chi connectivity index (χ2v) is 8.18. The van der Waals surface area contributed by atoms with Crippen molar-refractivity contribution in [2.75, 3.05) is 13.9 Å². The van der Waals surface area contributed by atoms with E-state index in [4.69, 9.17) is 37.4 Å². The van der Waals surface area contributed by atoms with Crippen molar-refractivity contribution in [2.45, 2.75) is 12.5 Å². The van der Waals surface area contributed by atoms with E-state index in [1.807, 2.05) is 0 Å². The summed E-state index contributed by atoms with van der Waals surface area (Å²) in [5.41, 5.74) is 1.59. The lowest BCUT2D eigenvalue weighted by Gasteiger charge is -2.17. The Morgan fingerprint density at radius 3 is 2.44 bits per heavy atom. The van der Waals surface area contributed by atoms with Crippen LogP contribution in [0.5, 0.6) is 17.2 Å². The van der Waals surface area contributed by atoms with Crippen molar-refractivity contribution in [1.29, 1.82) is 0 Å². The molecule has 0 fully saturated rings.